The van der Waals surface area contributed by atoms with E-state index in [-0.39, 0.29) is 5.91 Å². The number of alkyl halides is 1. The average molecular weight is 229 g/mol. The van der Waals surface area contributed by atoms with Crippen LogP contribution in [-0.2, 0) is 4.79 Å². The molecule has 1 aromatic rings. The maximum absolute atomic E-state index is 11.3. The molecule has 0 aromatic carbocycles. The third-order valence-electron chi connectivity index (χ3n) is 2.37. The minimum atomic E-state index is -0.0703. The van der Waals surface area contributed by atoms with E-state index in [4.69, 9.17) is 11.6 Å². The summed E-state index contributed by atoms with van der Waals surface area (Å²) in [4.78, 5) is 11.3. The van der Waals surface area contributed by atoms with Gasteiger partial charge in [-0.2, -0.15) is 5.10 Å². The van der Waals surface area contributed by atoms with Crippen LogP contribution >= 0.6 is 11.6 Å². The molecule has 15 heavy (non-hydrogen) atoms. The zero-order valence-electron chi connectivity index (χ0n) is 8.24. The van der Waals surface area contributed by atoms with Crippen LogP contribution in [0.4, 0.5) is 5.82 Å². The molecule has 6 heteroatoms. The number of halogens is 1. The summed E-state index contributed by atoms with van der Waals surface area (Å²) in [6.45, 7) is 1.81. The summed E-state index contributed by atoms with van der Waals surface area (Å²) in [6, 6.07) is 2.15. The lowest BCUT2D eigenvalue weighted by atomic mass is 10.2. The standard InChI is InChI=1S/C9H13ClN4O/c10-3-1-9(15)13-8-2-4-12-14(8)7-5-11-6-7/h2,4,7,11H,1,3,5-6H2,(H,13,15). The van der Waals surface area contributed by atoms with Gasteiger partial charge in [-0.3, -0.25) is 4.79 Å². The molecule has 1 saturated heterocycles. The minimum Gasteiger partial charge on any atom is -0.312 e. The lowest BCUT2D eigenvalue weighted by Crippen LogP contribution is -2.44. The molecule has 0 spiro atoms. The third-order valence-corrected chi connectivity index (χ3v) is 2.55. The Morgan fingerprint density at radius 3 is 3.13 bits per heavy atom. The maximum atomic E-state index is 11.3. The van der Waals surface area contributed by atoms with Crippen LogP contribution in [0, 0.1) is 0 Å². The van der Waals surface area contributed by atoms with Gasteiger partial charge in [0.15, 0.2) is 0 Å². The summed E-state index contributed by atoms with van der Waals surface area (Å²) in [5.41, 5.74) is 0. The monoisotopic (exact) mass is 228 g/mol. The normalized spacial score (nSPS) is 16.1. The molecule has 1 aromatic heterocycles. The van der Waals surface area contributed by atoms with Crippen molar-refractivity contribution in [2.75, 3.05) is 24.3 Å². The number of carbonyl (C=O) groups is 1. The van der Waals surface area contributed by atoms with Crippen LogP contribution < -0.4 is 10.6 Å². The minimum absolute atomic E-state index is 0.0703. The number of nitrogens with one attached hydrogen (secondary N) is 2. The van der Waals surface area contributed by atoms with Gasteiger partial charge < -0.3 is 10.6 Å². The van der Waals surface area contributed by atoms with Crippen molar-refractivity contribution in [2.24, 2.45) is 0 Å². The number of carbonyl (C=O) groups excluding carboxylic acids is 1. The first-order chi connectivity index (χ1) is 7.31. The SMILES string of the molecule is O=C(CCCl)Nc1ccnn1C1CNC1. The van der Waals surface area contributed by atoms with Gasteiger partial charge >= 0.3 is 0 Å². The molecular formula is C9H13ClN4O. The number of rotatable bonds is 4. The quantitative estimate of drug-likeness (QED) is 0.742. The molecule has 0 atom stereocenters. The summed E-state index contributed by atoms with van der Waals surface area (Å²) < 4.78 is 1.84. The first-order valence-electron chi connectivity index (χ1n) is 4.91. The fraction of sp³-hybridized carbons (Fsp3) is 0.556. The van der Waals surface area contributed by atoms with Gasteiger partial charge in [0.05, 0.1) is 12.2 Å². The van der Waals surface area contributed by atoms with Crippen LogP contribution in [0.15, 0.2) is 12.3 Å². The van der Waals surface area contributed by atoms with Gasteiger partial charge in [-0.25, -0.2) is 4.68 Å². The van der Waals surface area contributed by atoms with E-state index in [1.165, 1.54) is 0 Å². The molecular weight excluding hydrogens is 216 g/mol. The number of hydrogen-bond acceptors (Lipinski definition) is 3. The smallest absolute Gasteiger partial charge is 0.226 e. The largest absolute Gasteiger partial charge is 0.312 e. The summed E-state index contributed by atoms with van der Waals surface area (Å²) in [7, 11) is 0. The van der Waals surface area contributed by atoms with Gasteiger partial charge in [-0.05, 0) is 0 Å². The molecule has 2 heterocycles. The summed E-state index contributed by atoms with van der Waals surface area (Å²) >= 11 is 5.48. The van der Waals surface area contributed by atoms with Crippen LogP contribution in [0.3, 0.4) is 0 Å². The molecule has 1 aliphatic rings. The molecule has 0 unspecified atom stereocenters. The van der Waals surface area contributed by atoms with E-state index < -0.39 is 0 Å². The number of nitrogens with zero attached hydrogens (tertiary/aromatic N) is 2. The molecule has 0 radical (unpaired) electrons. The molecule has 0 saturated carbocycles. The van der Waals surface area contributed by atoms with Crippen LogP contribution in [0.1, 0.15) is 12.5 Å². The van der Waals surface area contributed by atoms with Crippen LogP contribution in [0.25, 0.3) is 0 Å². The number of amides is 1. The predicted molar refractivity (Wildman–Crippen MR) is 58.1 cm³/mol. The number of hydrogen-bond donors (Lipinski definition) is 2. The van der Waals surface area contributed by atoms with Crippen LogP contribution in [0.2, 0.25) is 0 Å². The van der Waals surface area contributed by atoms with Crippen molar-refractivity contribution in [3.63, 3.8) is 0 Å². The van der Waals surface area contributed by atoms with Gasteiger partial charge in [0.1, 0.15) is 5.82 Å². The lowest BCUT2D eigenvalue weighted by molar-refractivity contribution is -0.115. The second-order valence-corrected chi connectivity index (χ2v) is 3.84. The first-order valence-corrected chi connectivity index (χ1v) is 5.45. The Hall–Kier alpha value is -1.07. The first kappa shape index (κ1) is 10.4. The Labute approximate surface area is 92.8 Å². The van der Waals surface area contributed by atoms with Crippen LogP contribution in [-0.4, -0.2) is 34.7 Å². The Balaban J connectivity index is 2.01. The second-order valence-electron chi connectivity index (χ2n) is 3.46. The molecule has 1 aliphatic heterocycles. The second kappa shape index (κ2) is 4.63. The van der Waals surface area contributed by atoms with Crippen molar-refractivity contribution in [3.8, 4) is 0 Å². The van der Waals surface area contributed by atoms with E-state index in [0.29, 0.717) is 18.3 Å². The Morgan fingerprint density at radius 1 is 1.73 bits per heavy atom. The van der Waals surface area contributed by atoms with Crippen LogP contribution in [0.5, 0.6) is 0 Å². The number of aromatic nitrogens is 2. The summed E-state index contributed by atoms with van der Waals surface area (Å²) in [6.07, 6.45) is 2.02. The van der Waals surface area contributed by atoms with Crippen molar-refractivity contribution < 1.29 is 4.79 Å². The molecule has 5 nitrogen and oxygen atoms in total. The lowest BCUT2D eigenvalue weighted by Gasteiger charge is -2.28. The molecule has 82 valence electrons. The van der Waals surface area contributed by atoms with Crippen molar-refractivity contribution in [3.05, 3.63) is 12.3 Å². The van der Waals surface area contributed by atoms with E-state index in [9.17, 15) is 4.79 Å². The zero-order valence-corrected chi connectivity index (χ0v) is 9.00. The van der Waals surface area contributed by atoms with E-state index in [1.54, 1.807) is 12.3 Å². The molecule has 0 aliphatic carbocycles. The Morgan fingerprint density at radius 2 is 2.53 bits per heavy atom. The van der Waals surface area contributed by atoms with Gasteiger partial charge in [-0.15, -0.1) is 11.6 Å². The van der Waals surface area contributed by atoms with E-state index in [0.717, 1.165) is 18.9 Å². The summed E-state index contributed by atoms with van der Waals surface area (Å²) in [5, 5.41) is 10.1. The topological polar surface area (TPSA) is 59.0 Å². The van der Waals surface area contributed by atoms with Crippen molar-refractivity contribution in [2.45, 2.75) is 12.5 Å². The van der Waals surface area contributed by atoms with Gasteiger partial charge in [0.25, 0.3) is 0 Å². The predicted octanol–water partition coefficient (Wildman–Crippen LogP) is 0.595. The van der Waals surface area contributed by atoms with Gasteiger partial charge in [-0.1, -0.05) is 0 Å². The van der Waals surface area contributed by atoms with Crippen molar-refractivity contribution >= 4 is 23.3 Å². The van der Waals surface area contributed by atoms with E-state index in [1.807, 2.05) is 4.68 Å². The molecule has 1 amide bonds. The highest BCUT2D eigenvalue weighted by molar-refractivity contribution is 6.19. The van der Waals surface area contributed by atoms with E-state index >= 15 is 0 Å². The number of anilines is 1. The Kier molecular flexibility index (Phi) is 3.23. The van der Waals surface area contributed by atoms with E-state index in [2.05, 4.69) is 15.7 Å². The zero-order chi connectivity index (χ0) is 10.7. The highest BCUT2D eigenvalue weighted by Crippen LogP contribution is 2.17. The maximum Gasteiger partial charge on any atom is 0.226 e. The summed E-state index contributed by atoms with van der Waals surface area (Å²) in [5.74, 6) is 1.01. The Bertz CT molecular complexity index is 348. The third kappa shape index (κ3) is 2.30. The molecule has 2 N–H and O–H groups in total. The highest BCUT2D eigenvalue weighted by atomic mass is 35.5. The average Bonchev–Trinajstić information content (AvgIpc) is 2.51. The van der Waals surface area contributed by atoms with Crippen molar-refractivity contribution in [1.29, 1.82) is 0 Å². The van der Waals surface area contributed by atoms with Gasteiger partial charge in [0.2, 0.25) is 5.91 Å². The fourth-order valence-corrected chi connectivity index (χ4v) is 1.61. The van der Waals surface area contributed by atoms with Crippen molar-refractivity contribution in [1.82, 2.24) is 15.1 Å². The fourth-order valence-electron chi connectivity index (χ4n) is 1.44. The molecule has 2 rings (SSSR count). The van der Waals surface area contributed by atoms with Gasteiger partial charge in [0, 0.05) is 31.5 Å². The molecule has 0 bridgehead atoms. The molecule has 1 fully saturated rings. The highest BCUT2D eigenvalue weighted by Gasteiger charge is 2.21.